The second kappa shape index (κ2) is 11.4. The van der Waals surface area contributed by atoms with Crippen molar-refractivity contribution in [3.63, 3.8) is 0 Å². The molecule has 158 valence electrons. The van der Waals surface area contributed by atoms with Gasteiger partial charge in [-0.25, -0.2) is 15.0 Å². The lowest BCUT2D eigenvalue weighted by molar-refractivity contribution is 0.119. The monoisotopic (exact) mass is 537 g/mol. The largest absolute Gasteiger partial charge is 0.375 e. The molecule has 1 N–H and O–H groups in total. The Balaban J connectivity index is 0.00000392. The van der Waals surface area contributed by atoms with E-state index >= 15 is 0 Å². The molecule has 0 radical (unpaired) electrons. The van der Waals surface area contributed by atoms with Crippen LogP contribution in [0.2, 0.25) is 0 Å². The molecular weight excluding hydrogens is 505 g/mol. The van der Waals surface area contributed by atoms with E-state index in [-0.39, 0.29) is 35.5 Å². The Bertz CT molecular complexity index is 754. The number of hydrogen-bond donors (Lipinski definition) is 1. The average Bonchev–Trinajstić information content (AvgIpc) is 3.27. The van der Waals surface area contributed by atoms with Crippen molar-refractivity contribution in [3.05, 3.63) is 32.2 Å². The van der Waals surface area contributed by atoms with Crippen molar-refractivity contribution in [1.29, 1.82) is 0 Å². The number of ether oxygens (including phenoxy) is 1. The van der Waals surface area contributed by atoms with Crippen LogP contribution in [0.1, 0.15) is 62.1 Å². The Hall–Kier alpha value is -0.780. The van der Waals surface area contributed by atoms with Gasteiger partial charge < -0.3 is 15.0 Å². The first-order chi connectivity index (χ1) is 12.7. The molecule has 1 unspecified atom stereocenters. The fraction of sp³-hybridized carbons (Fsp3) is 0.632. The van der Waals surface area contributed by atoms with Gasteiger partial charge in [-0.1, -0.05) is 20.8 Å². The molecule has 2 aromatic rings. The summed E-state index contributed by atoms with van der Waals surface area (Å²) in [6.45, 7) is 12.7. The lowest BCUT2D eigenvalue weighted by Gasteiger charge is -2.21. The first kappa shape index (κ1) is 25.3. The van der Waals surface area contributed by atoms with Crippen LogP contribution < -0.4 is 5.32 Å². The molecule has 0 bridgehead atoms. The van der Waals surface area contributed by atoms with Crippen LogP contribution >= 0.6 is 46.7 Å². The molecule has 0 spiro atoms. The van der Waals surface area contributed by atoms with Crippen LogP contribution in [0.15, 0.2) is 15.8 Å². The molecule has 0 aromatic carbocycles. The molecule has 2 rings (SSSR count). The van der Waals surface area contributed by atoms with Gasteiger partial charge in [-0.15, -0.1) is 46.7 Å². The summed E-state index contributed by atoms with van der Waals surface area (Å²) in [6.07, 6.45) is 0.0256. The number of aliphatic imine (C=N–C) groups is 1. The normalized spacial score (nSPS) is 13.2. The zero-order valence-corrected chi connectivity index (χ0v) is 21.7. The zero-order valence-electron chi connectivity index (χ0n) is 17.8. The van der Waals surface area contributed by atoms with Crippen molar-refractivity contribution in [2.24, 2.45) is 4.99 Å². The number of nitrogens with one attached hydrogen (secondary N) is 1. The number of guanidine groups is 1. The lowest BCUT2D eigenvalue weighted by atomic mass is 9.98. The first-order valence-electron chi connectivity index (χ1n) is 9.16. The van der Waals surface area contributed by atoms with Crippen molar-refractivity contribution >= 4 is 52.6 Å². The van der Waals surface area contributed by atoms with Crippen LogP contribution in [0.4, 0.5) is 0 Å². The Morgan fingerprint density at radius 1 is 1.25 bits per heavy atom. The fourth-order valence-electron chi connectivity index (χ4n) is 2.35. The molecule has 1 atom stereocenters. The number of nitrogens with zero attached hydrogens (tertiary/aromatic N) is 4. The predicted octanol–water partition coefficient (Wildman–Crippen LogP) is 4.82. The predicted molar refractivity (Wildman–Crippen MR) is 130 cm³/mol. The molecule has 9 heteroatoms. The number of hydrogen-bond acceptors (Lipinski definition) is 6. The minimum absolute atomic E-state index is 0. The third-order valence-electron chi connectivity index (χ3n) is 3.95. The Labute approximate surface area is 193 Å². The van der Waals surface area contributed by atoms with Gasteiger partial charge in [0.1, 0.15) is 11.1 Å². The summed E-state index contributed by atoms with van der Waals surface area (Å²) in [6, 6.07) is 0. The molecule has 28 heavy (non-hydrogen) atoms. The molecule has 0 aliphatic carbocycles. The summed E-state index contributed by atoms with van der Waals surface area (Å²) < 4.78 is 5.35. The van der Waals surface area contributed by atoms with Gasteiger partial charge in [0.2, 0.25) is 0 Å². The molecule has 2 aromatic heterocycles. The van der Waals surface area contributed by atoms with Crippen LogP contribution in [0.5, 0.6) is 0 Å². The van der Waals surface area contributed by atoms with Crippen molar-refractivity contribution in [2.75, 3.05) is 20.7 Å². The average molecular weight is 538 g/mol. The number of thiazole rings is 2. The highest BCUT2D eigenvalue weighted by atomic mass is 127. The number of halogens is 1. The van der Waals surface area contributed by atoms with E-state index in [1.165, 1.54) is 0 Å². The fourth-order valence-corrected chi connectivity index (χ4v) is 4.09. The van der Waals surface area contributed by atoms with Gasteiger partial charge in [-0.05, 0) is 13.8 Å². The van der Waals surface area contributed by atoms with Gasteiger partial charge in [0.25, 0.3) is 0 Å². The topological polar surface area (TPSA) is 62.6 Å². The van der Waals surface area contributed by atoms with Crippen LogP contribution in [-0.4, -0.2) is 41.5 Å². The van der Waals surface area contributed by atoms with Crippen molar-refractivity contribution < 1.29 is 4.74 Å². The van der Waals surface area contributed by atoms with Gasteiger partial charge in [0.05, 0.1) is 29.5 Å². The molecule has 0 aliphatic rings. The van der Waals surface area contributed by atoms with Crippen LogP contribution in [0, 0.1) is 0 Å². The van der Waals surface area contributed by atoms with E-state index in [4.69, 9.17) is 14.7 Å². The van der Waals surface area contributed by atoms with Crippen molar-refractivity contribution in [1.82, 2.24) is 20.2 Å². The maximum atomic E-state index is 5.35. The Morgan fingerprint density at radius 2 is 1.93 bits per heavy atom. The highest BCUT2D eigenvalue weighted by Crippen LogP contribution is 2.26. The number of aromatic nitrogens is 2. The molecular formula is C19H32IN5OS2. The highest BCUT2D eigenvalue weighted by molar-refractivity contribution is 14.0. The summed E-state index contributed by atoms with van der Waals surface area (Å²) in [5, 5.41) is 9.69. The van der Waals surface area contributed by atoms with E-state index in [1.807, 2.05) is 14.0 Å². The second-order valence-electron chi connectivity index (χ2n) is 7.48. The smallest absolute Gasteiger partial charge is 0.194 e. The maximum Gasteiger partial charge on any atom is 0.194 e. The summed E-state index contributed by atoms with van der Waals surface area (Å²) in [7, 11) is 3.74. The summed E-state index contributed by atoms with van der Waals surface area (Å²) >= 11 is 3.34. The minimum Gasteiger partial charge on any atom is -0.375 e. The van der Waals surface area contributed by atoms with Crippen LogP contribution in [-0.2, 0) is 23.2 Å². The van der Waals surface area contributed by atoms with E-state index in [2.05, 4.69) is 53.7 Å². The molecule has 6 nitrogen and oxygen atoms in total. The van der Waals surface area contributed by atoms with Gasteiger partial charge in [-0.2, -0.15) is 0 Å². The molecule has 0 saturated heterocycles. The van der Waals surface area contributed by atoms with Gasteiger partial charge >= 0.3 is 0 Å². The van der Waals surface area contributed by atoms with Gasteiger partial charge in [-0.3, -0.25) is 0 Å². The highest BCUT2D eigenvalue weighted by Gasteiger charge is 2.18. The second-order valence-corrected chi connectivity index (χ2v) is 9.22. The standard InChI is InChI=1S/C19H31N5OS2.HI/c1-8-20-18(21-9-14-11-27-17(23-14)19(3,4)5)24(6)10-15-12-26-16(22-15)13(2)25-7;/h11-13H,8-10H2,1-7H3,(H,20,21);1H. The van der Waals surface area contributed by atoms with E-state index in [1.54, 1.807) is 29.8 Å². The number of rotatable bonds is 7. The Kier molecular flexibility index (Phi) is 10.3. The van der Waals surface area contributed by atoms with Crippen LogP contribution in [0.25, 0.3) is 0 Å². The molecule has 2 heterocycles. The minimum atomic E-state index is 0. The molecule has 0 fully saturated rings. The summed E-state index contributed by atoms with van der Waals surface area (Å²) in [5.74, 6) is 0.858. The van der Waals surface area contributed by atoms with Gasteiger partial charge in [0, 0.05) is 36.9 Å². The summed E-state index contributed by atoms with van der Waals surface area (Å²) in [5.41, 5.74) is 2.12. The first-order valence-corrected chi connectivity index (χ1v) is 10.9. The quantitative estimate of drug-likeness (QED) is 0.312. The zero-order chi connectivity index (χ0) is 20.0. The molecule has 0 aliphatic heterocycles. The van der Waals surface area contributed by atoms with Crippen LogP contribution in [0.3, 0.4) is 0 Å². The Morgan fingerprint density at radius 3 is 2.50 bits per heavy atom. The van der Waals surface area contributed by atoms with Crippen molar-refractivity contribution in [2.45, 2.75) is 59.2 Å². The third-order valence-corrected chi connectivity index (χ3v) is 6.32. The molecule has 0 saturated carbocycles. The van der Waals surface area contributed by atoms with E-state index in [0.717, 1.165) is 33.9 Å². The molecule has 0 amide bonds. The summed E-state index contributed by atoms with van der Waals surface area (Å²) in [4.78, 5) is 16.3. The SMILES string of the molecule is CCNC(=NCc1csc(C(C)(C)C)n1)N(C)Cc1csc(C(C)OC)n1.I. The number of methoxy groups -OCH3 is 1. The maximum absolute atomic E-state index is 5.35. The van der Waals surface area contributed by atoms with Crippen molar-refractivity contribution in [3.8, 4) is 0 Å². The van der Waals surface area contributed by atoms with Gasteiger partial charge in [0.15, 0.2) is 5.96 Å². The third kappa shape index (κ3) is 7.23. The van der Waals surface area contributed by atoms with E-state index in [9.17, 15) is 0 Å². The van der Waals surface area contributed by atoms with E-state index in [0.29, 0.717) is 13.1 Å². The lowest BCUT2D eigenvalue weighted by Crippen LogP contribution is -2.38. The van der Waals surface area contributed by atoms with E-state index < -0.39 is 0 Å².